The van der Waals surface area contributed by atoms with E-state index in [4.69, 9.17) is 19.5 Å². The first-order valence-electron chi connectivity index (χ1n) is 7.72. The molecule has 2 rings (SSSR count). The van der Waals surface area contributed by atoms with Crippen molar-refractivity contribution in [3.8, 4) is 17.6 Å². The van der Waals surface area contributed by atoms with Crippen LogP contribution in [0.25, 0.3) is 0 Å². The molecule has 134 valence electrons. The highest BCUT2D eigenvalue weighted by Gasteiger charge is 2.20. The van der Waals surface area contributed by atoms with Crippen LogP contribution in [-0.2, 0) is 9.53 Å². The van der Waals surface area contributed by atoms with Gasteiger partial charge in [-0.15, -0.1) is 0 Å². The second-order valence-corrected chi connectivity index (χ2v) is 5.33. The van der Waals surface area contributed by atoms with E-state index in [9.17, 15) is 9.59 Å². The van der Waals surface area contributed by atoms with Crippen LogP contribution >= 0.6 is 0 Å². The summed E-state index contributed by atoms with van der Waals surface area (Å²) in [6.07, 6.45) is -1.04. The number of benzene rings is 2. The fourth-order valence-electron chi connectivity index (χ4n) is 2.12. The van der Waals surface area contributed by atoms with Gasteiger partial charge in [-0.3, -0.25) is 4.79 Å². The predicted molar refractivity (Wildman–Crippen MR) is 94.2 cm³/mol. The van der Waals surface area contributed by atoms with Crippen LogP contribution in [0.2, 0.25) is 0 Å². The van der Waals surface area contributed by atoms with Gasteiger partial charge < -0.3 is 19.5 Å². The lowest BCUT2D eigenvalue weighted by atomic mass is 10.2. The Kier molecular flexibility index (Phi) is 6.17. The average Bonchev–Trinajstić information content (AvgIpc) is 2.67. The van der Waals surface area contributed by atoms with Gasteiger partial charge in [0.25, 0.3) is 5.91 Å². The Morgan fingerprint density at radius 2 is 1.73 bits per heavy atom. The third-order valence-electron chi connectivity index (χ3n) is 3.50. The standard InChI is InChI=1S/C19H18N2O5/c1-12(18(22)21-15-6-4-5-13(7-15)11-20)26-19(23)14-8-16(24-2)10-17(9-14)25-3/h4-10,12H,1-3H3,(H,21,22). The summed E-state index contributed by atoms with van der Waals surface area (Å²) < 4.78 is 15.4. The maximum absolute atomic E-state index is 12.3. The number of hydrogen-bond acceptors (Lipinski definition) is 6. The van der Waals surface area contributed by atoms with Crippen molar-refractivity contribution >= 4 is 17.6 Å². The van der Waals surface area contributed by atoms with Gasteiger partial charge in [-0.1, -0.05) is 6.07 Å². The molecule has 0 saturated carbocycles. The Bertz CT molecular complexity index is 835. The summed E-state index contributed by atoms with van der Waals surface area (Å²) in [5, 5.41) is 11.5. The van der Waals surface area contributed by atoms with Crippen LogP contribution < -0.4 is 14.8 Å². The summed E-state index contributed by atoms with van der Waals surface area (Å²) in [7, 11) is 2.94. The maximum atomic E-state index is 12.3. The first-order chi connectivity index (χ1) is 12.5. The van der Waals surface area contributed by atoms with Crippen LogP contribution in [0.15, 0.2) is 42.5 Å². The number of amides is 1. The molecule has 0 aromatic heterocycles. The Balaban J connectivity index is 2.06. The summed E-state index contributed by atoms with van der Waals surface area (Å²) >= 11 is 0. The van der Waals surface area contributed by atoms with Gasteiger partial charge in [-0.05, 0) is 37.3 Å². The summed E-state index contributed by atoms with van der Waals surface area (Å²) in [5.74, 6) is -0.331. The van der Waals surface area contributed by atoms with E-state index in [0.29, 0.717) is 22.7 Å². The molecule has 7 heteroatoms. The summed E-state index contributed by atoms with van der Waals surface area (Å²) in [5.41, 5.74) is 1.06. The lowest BCUT2D eigenvalue weighted by Gasteiger charge is -2.14. The molecule has 0 aliphatic rings. The summed E-state index contributed by atoms with van der Waals surface area (Å²) in [4.78, 5) is 24.5. The van der Waals surface area contributed by atoms with Crippen LogP contribution in [0.4, 0.5) is 5.69 Å². The number of methoxy groups -OCH3 is 2. The van der Waals surface area contributed by atoms with Crippen LogP contribution in [0.1, 0.15) is 22.8 Å². The molecule has 0 bridgehead atoms. The fraction of sp³-hybridized carbons (Fsp3) is 0.211. The molecule has 0 fully saturated rings. The number of rotatable bonds is 6. The molecule has 0 aliphatic carbocycles. The van der Waals surface area contributed by atoms with E-state index < -0.39 is 18.0 Å². The van der Waals surface area contributed by atoms with Crippen LogP contribution in [0.3, 0.4) is 0 Å². The third-order valence-corrected chi connectivity index (χ3v) is 3.50. The van der Waals surface area contributed by atoms with Crippen molar-refractivity contribution in [2.45, 2.75) is 13.0 Å². The van der Waals surface area contributed by atoms with E-state index in [2.05, 4.69) is 5.32 Å². The SMILES string of the molecule is COc1cc(OC)cc(C(=O)OC(C)C(=O)Nc2cccc(C#N)c2)c1. The fourth-order valence-corrected chi connectivity index (χ4v) is 2.12. The van der Waals surface area contributed by atoms with Crippen molar-refractivity contribution in [3.05, 3.63) is 53.6 Å². The molecule has 0 saturated heterocycles. The Hall–Kier alpha value is -3.53. The molecule has 0 heterocycles. The number of nitrogens with one attached hydrogen (secondary N) is 1. The maximum Gasteiger partial charge on any atom is 0.339 e. The largest absolute Gasteiger partial charge is 0.497 e. The predicted octanol–water partition coefficient (Wildman–Crippen LogP) is 2.76. The number of ether oxygens (including phenoxy) is 3. The Labute approximate surface area is 151 Å². The van der Waals surface area contributed by atoms with Crippen LogP contribution in [0.5, 0.6) is 11.5 Å². The molecule has 0 aliphatic heterocycles. The lowest BCUT2D eigenvalue weighted by molar-refractivity contribution is -0.123. The van der Waals surface area contributed by atoms with Crippen molar-refractivity contribution < 1.29 is 23.8 Å². The second-order valence-electron chi connectivity index (χ2n) is 5.33. The van der Waals surface area contributed by atoms with Gasteiger partial charge in [-0.25, -0.2) is 4.79 Å². The monoisotopic (exact) mass is 354 g/mol. The number of esters is 1. The van der Waals surface area contributed by atoms with Crippen molar-refractivity contribution in [2.75, 3.05) is 19.5 Å². The van der Waals surface area contributed by atoms with Crippen molar-refractivity contribution in [1.82, 2.24) is 0 Å². The molecule has 2 aromatic rings. The molecular formula is C19H18N2O5. The topological polar surface area (TPSA) is 97.7 Å². The van der Waals surface area contributed by atoms with E-state index >= 15 is 0 Å². The molecule has 26 heavy (non-hydrogen) atoms. The number of anilines is 1. The van der Waals surface area contributed by atoms with Crippen molar-refractivity contribution in [1.29, 1.82) is 5.26 Å². The smallest absolute Gasteiger partial charge is 0.339 e. The molecular weight excluding hydrogens is 336 g/mol. The lowest BCUT2D eigenvalue weighted by Crippen LogP contribution is -2.30. The molecule has 2 aromatic carbocycles. The van der Waals surface area contributed by atoms with Gasteiger partial charge in [0, 0.05) is 11.8 Å². The summed E-state index contributed by atoms with van der Waals surface area (Å²) in [6.45, 7) is 1.46. The zero-order valence-corrected chi connectivity index (χ0v) is 14.6. The van der Waals surface area contributed by atoms with Crippen molar-refractivity contribution in [3.63, 3.8) is 0 Å². The highest BCUT2D eigenvalue weighted by atomic mass is 16.5. The zero-order chi connectivity index (χ0) is 19.1. The second kappa shape index (κ2) is 8.53. The van der Waals surface area contributed by atoms with E-state index in [-0.39, 0.29) is 5.56 Å². The number of nitrogens with zero attached hydrogens (tertiary/aromatic N) is 1. The number of nitriles is 1. The van der Waals surface area contributed by atoms with Crippen LogP contribution in [-0.4, -0.2) is 32.2 Å². The van der Waals surface area contributed by atoms with Gasteiger partial charge in [0.2, 0.25) is 0 Å². The molecule has 1 unspecified atom stereocenters. The highest BCUT2D eigenvalue weighted by Crippen LogP contribution is 2.23. The minimum atomic E-state index is -1.04. The number of hydrogen-bond donors (Lipinski definition) is 1. The molecule has 0 spiro atoms. The highest BCUT2D eigenvalue weighted by molar-refractivity contribution is 5.97. The molecule has 1 N–H and O–H groups in total. The van der Waals surface area contributed by atoms with E-state index in [0.717, 1.165) is 0 Å². The normalized spacial score (nSPS) is 11.0. The van der Waals surface area contributed by atoms with Gasteiger partial charge in [0.1, 0.15) is 11.5 Å². The zero-order valence-electron chi connectivity index (χ0n) is 14.6. The minimum absolute atomic E-state index is 0.201. The molecule has 1 amide bonds. The molecule has 0 radical (unpaired) electrons. The van der Waals surface area contributed by atoms with Gasteiger partial charge in [-0.2, -0.15) is 5.26 Å². The minimum Gasteiger partial charge on any atom is -0.497 e. The van der Waals surface area contributed by atoms with Gasteiger partial charge in [0.15, 0.2) is 6.10 Å². The van der Waals surface area contributed by atoms with Gasteiger partial charge >= 0.3 is 5.97 Å². The van der Waals surface area contributed by atoms with Crippen LogP contribution in [0, 0.1) is 11.3 Å². The van der Waals surface area contributed by atoms with Crippen molar-refractivity contribution in [2.24, 2.45) is 0 Å². The third kappa shape index (κ3) is 4.74. The Morgan fingerprint density at radius 1 is 1.08 bits per heavy atom. The number of carbonyl (C=O) groups excluding carboxylic acids is 2. The van der Waals surface area contributed by atoms with E-state index in [1.807, 2.05) is 6.07 Å². The summed E-state index contributed by atoms with van der Waals surface area (Å²) in [6, 6.07) is 13.0. The first-order valence-corrected chi connectivity index (χ1v) is 7.72. The quantitative estimate of drug-likeness (QED) is 0.801. The molecule has 1 atom stereocenters. The number of carbonyl (C=O) groups is 2. The average molecular weight is 354 g/mol. The first kappa shape index (κ1) is 18.8. The Morgan fingerprint density at radius 3 is 2.31 bits per heavy atom. The molecule has 7 nitrogen and oxygen atoms in total. The van der Waals surface area contributed by atoms with Gasteiger partial charge in [0.05, 0.1) is 31.4 Å². The van der Waals surface area contributed by atoms with E-state index in [1.54, 1.807) is 24.3 Å². The van der Waals surface area contributed by atoms with E-state index in [1.165, 1.54) is 39.3 Å².